The molecule has 17 heavy (non-hydrogen) atoms. The number of aromatic carboxylic acids is 1. The van der Waals surface area contributed by atoms with Crippen molar-refractivity contribution < 1.29 is 14.3 Å². The average molecular weight is 237 g/mol. The summed E-state index contributed by atoms with van der Waals surface area (Å²) in [5.41, 5.74) is 0.782. The van der Waals surface area contributed by atoms with Crippen molar-refractivity contribution in [3.63, 3.8) is 0 Å². The maximum Gasteiger partial charge on any atom is 0.372 e. The van der Waals surface area contributed by atoms with Gasteiger partial charge in [-0.1, -0.05) is 13.8 Å². The van der Waals surface area contributed by atoms with Gasteiger partial charge in [-0.15, -0.1) is 0 Å². The van der Waals surface area contributed by atoms with Crippen LogP contribution in [-0.2, 0) is 6.54 Å². The van der Waals surface area contributed by atoms with Crippen LogP contribution in [-0.4, -0.2) is 28.6 Å². The van der Waals surface area contributed by atoms with Crippen molar-refractivity contribution in [2.45, 2.75) is 39.3 Å². The standard InChI is InChI=1S/C13H19NO3/c1-9(2)7-14(11-3-4-11)8-10-5-6-17-12(10)13(15)16/h5-6,9,11H,3-4,7-8H2,1-2H3,(H,15,16). The summed E-state index contributed by atoms with van der Waals surface area (Å²) in [5.74, 6) is -0.305. The van der Waals surface area contributed by atoms with Gasteiger partial charge < -0.3 is 9.52 Å². The van der Waals surface area contributed by atoms with Crippen LogP contribution in [0.5, 0.6) is 0 Å². The summed E-state index contributed by atoms with van der Waals surface area (Å²) in [6.45, 7) is 6.06. The molecular formula is C13H19NO3. The number of hydrogen-bond acceptors (Lipinski definition) is 3. The fraction of sp³-hybridized carbons (Fsp3) is 0.615. The Balaban J connectivity index is 2.06. The van der Waals surface area contributed by atoms with Crippen molar-refractivity contribution in [2.75, 3.05) is 6.54 Å². The predicted octanol–water partition coefficient (Wildman–Crippen LogP) is 2.60. The molecule has 0 radical (unpaired) electrons. The quantitative estimate of drug-likeness (QED) is 0.826. The van der Waals surface area contributed by atoms with Crippen molar-refractivity contribution in [3.05, 3.63) is 23.7 Å². The molecule has 4 heteroatoms. The van der Waals surface area contributed by atoms with Crippen molar-refractivity contribution in [2.24, 2.45) is 5.92 Å². The number of carboxylic acid groups (broad SMARTS) is 1. The van der Waals surface area contributed by atoms with E-state index in [-0.39, 0.29) is 5.76 Å². The molecule has 1 aliphatic rings. The van der Waals surface area contributed by atoms with Crippen molar-refractivity contribution in [3.8, 4) is 0 Å². The van der Waals surface area contributed by atoms with Crippen LogP contribution < -0.4 is 0 Å². The predicted molar refractivity (Wildman–Crippen MR) is 63.9 cm³/mol. The molecule has 1 heterocycles. The molecule has 1 fully saturated rings. The Morgan fingerprint density at radius 2 is 2.29 bits per heavy atom. The van der Waals surface area contributed by atoms with Crippen LogP contribution in [0.1, 0.15) is 42.8 Å². The van der Waals surface area contributed by atoms with Gasteiger partial charge in [0.05, 0.1) is 6.26 Å². The maximum atomic E-state index is 11.0. The molecule has 0 aromatic carbocycles. The molecule has 0 aliphatic heterocycles. The number of furan rings is 1. The first-order chi connectivity index (χ1) is 8.08. The van der Waals surface area contributed by atoms with Crippen molar-refractivity contribution >= 4 is 5.97 Å². The average Bonchev–Trinajstić information content (AvgIpc) is 2.97. The Kier molecular flexibility index (Phi) is 3.52. The summed E-state index contributed by atoms with van der Waals surface area (Å²) in [6, 6.07) is 2.40. The molecule has 0 bridgehead atoms. The van der Waals surface area contributed by atoms with Gasteiger partial charge in [0, 0.05) is 24.7 Å². The number of carbonyl (C=O) groups is 1. The van der Waals surface area contributed by atoms with E-state index in [2.05, 4.69) is 18.7 Å². The van der Waals surface area contributed by atoms with Crippen LogP contribution in [0.2, 0.25) is 0 Å². The van der Waals surface area contributed by atoms with Gasteiger partial charge >= 0.3 is 5.97 Å². The molecule has 1 saturated carbocycles. The number of rotatable bonds is 6. The molecular weight excluding hydrogens is 218 g/mol. The number of nitrogens with zero attached hydrogens (tertiary/aromatic N) is 1. The summed E-state index contributed by atoms with van der Waals surface area (Å²) < 4.78 is 5.01. The highest BCUT2D eigenvalue weighted by molar-refractivity contribution is 5.86. The van der Waals surface area contributed by atoms with E-state index < -0.39 is 5.97 Å². The van der Waals surface area contributed by atoms with E-state index in [1.807, 2.05) is 0 Å². The Morgan fingerprint density at radius 1 is 1.59 bits per heavy atom. The van der Waals surface area contributed by atoms with Crippen LogP contribution in [0.25, 0.3) is 0 Å². The highest BCUT2D eigenvalue weighted by atomic mass is 16.4. The van der Waals surface area contributed by atoms with Gasteiger partial charge in [0.2, 0.25) is 5.76 Å². The van der Waals surface area contributed by atoms with Crippen LogP contribution in [0.4, 0.5) is 0 Å². The summed E-state index contributed by atoms with van der Waals surface area (Å²) in [6.07, 6.45) is 3.92. The molecule has 0 atom stereocenters. The lowest BCUT2D eigenvalue weighted by atomic mass is 10.1. The largest absolute Gasteiger partial charge is 0.475 e. The van der Waals surface area contributed by atoms with Gasteiger partial charge in [-0.2, -0.15) is 0 Å². The first-order valence-corrected chi connectivity index (χ1v) is 6.11. The Bertz CT molecular complexity index is 393. The smallest absolute Gasteiger partial charge is 0.372 e. The number of carboxylic acids is 1. The molecule has 0 unspecified atom stereocenters. The molecule has 2 rings (SSSR count). The number of hydrogen-bond donors (Lipinski definition) is 1. The van der Waals surface area contributed by atoms with Gasteiger partial charge in [0.1, 0.15) is 0 Å². The molecule has 94 valence electrons. The highest BCUT2D eigenvalue weighted by Gasteiger charge is 2.30. The molecule has 1 N–H and O–H groups in total. The molecule has 1 aliphatic carbocycles. The minimum Gasteiger partial charge on any atom is -0.475 e. The SMILES string of the molecule is CC(C)CN(Cc1ccoc1C(=O)O)C1CC1. The highest BCUT2D eigenvalue weighted by Crippen LogP contribution is 2.29. The second-order valence-electron chi connectivity index (χ2n) is 5.13. The lowest BCUT2D eigenvalue weighted by Gasteiger charge is -2.23. The summed E-state index contributed by atoms with van der Waals surface area (Å²) >= 11 is 0. The molecule has 0 spiro atoms. The van der Waals surface area contributed by atoms with Gasteiger partial charge in [-0.25, -0.2) is 4.79 Å². The second-order valence-corrected chi connectivity index (χ2v) is 5.13. The van der Waals surface area contributed by atoms with Crippen molar-refractivity contribution in [1.82, 2.24) is 4.90 Å². The van der Waals surface area contributed by atoms with Gasteiger partial charge in [0.25, 0.3) is 0 Å². The molecule has 4 nitrogen and oxygen atoms in total. The third kappa shape index (κ3) is 3.09. The third-order valence-electron chi connectivity index (χ3n) is 2.98. The van der Waals surface area contributed by atoms with E-state index in [4.69, 9.17) is 9.52 Å². The fourth-order valence-electron chi connectivity index (χ4n) is 2.12. The summed E-state index contributed by atoms with van der Waals surface area (Å²) in [4.78, 5) is 13.3. The minimum atomic E-state index is -0.981. The molecule has 1 aromatic rings. The molecule has 0 saturated heterocycles. The van der Waals surface area contributed by atoms with E-state index in [1.165, 1.54) is 19.1 Å². The van der Waals surface area contributed by atoms with Gasteiger partial charge in [-0.3, -0.25) is 4.90 Å². The van der Waals surface area contributed by atoms with Crippen LogP contribution in [0.15, 0.2) is 16.7 Å². The van der Waals surface area contributed by atoms with E-state index in [0.29, 0.717) is 18.5 Å². The Hall–Kier alpha value is -1.29. The van der Waals surface area contributed by atoms with Crippen LogP contribution in [0.3, 0.4) is 0 Å². The zero-order valence-corrected chi connectivity index (χ0v) is 10.3. The van der Waals surface area contributed by atoms with Crippen LogP contribution >= 0.6 is 0 Å². The fourth-order valence-corrected chi connectivity index (χ4v) is 2.12. The summed E-state index contributed by atoms with van der Waals surface area (Å²) in [5, 5.41) is 8.99. The van der Waals surface area contributed by atoms with E-state index in [0.717, 1.165) is 12.1 Å². The third-order valence-corrected chi connectivity index (χ3v) is 2.98. The van der Waals surface area contributed by atoms with E-state index in [9.17, 15) is 4.79 Å². The molecule has 1 aromatic heterocycles. The topological polar surface area (TPSA) is 53.7 Å². The summed E-state index contributed by atoms with van der Waals surface area (Å²) in [7, 11) is 0. The Morgan fingerprint density at radius 3 is 2.82 bits per heavy atom. The maximum absolute atomic E-state index is 11.0. The van der Waals surface area contributed by atoms with Gasteiger partial charge in [-0.05, 0) is 24.8 Å². The van der Waals surface area contributed by atoms with E-state index >= 15 is 0 Å². The van der Waals surface area contributed by atoms with Gasteiger partial charge in [0.15, 0.2) is 0 Å². The normalized spacial score (nSPS) is 15.8. The monoisotopic (exact) mass is 237 g/mol. The first kappa shape index (κ1) is 12.2. The molecule has 0 amide bonds. The Labute approximate surface area is 101 Å². The second kappa shape index (κ2) is 4.92. The lowest BCUT2D eigenvalue weighted by molar-refractivity contribution is 0.0658. The first-order valence-electron chi connectivity index (χ1n) is 6.11. The zero-order chi connectivity index (χ0) is 12.4. The lowest BCUT2D eigenvalue weighted by Crippen LogP contribution is -2.29. The minimum absolute atomic E-state index is 0.0828. The zero-order valence-electron chi connectivity index (χ0n) is 10.3. The van der Waals surface area contributed by atoms with Crippen molar-refractivity contribution in [1.29, 1.82) is 0 Å². The van der Waals surface area contributed by atoms with Crippen LogP contribution in [0, 0.1) is 5.92 Å². The van der Waals surface area contributed by atoms with E-state index in [1.54, 1.807) is 6.07 Å².